The molecule has 1 saturated heterocycles. The molecule has 2 aromatic heterocycles. The Balaban J connectivity index is 1.51. The van der Waals surface area contributed by atoms with E-state index < -0.39 is 12.0 Å². The van der Waals surface area contributed by atoms with E-state index in [1.165, 1.54) is 14.2 Å². The lowest BCUT2D eigenvalue weighted by Crippen LogP contribution is -2.29. The molecular formula is C29H25ClN4O5S. The lowest BCUT2D eigenvalue weighted by atomic mass is 10.0. The highest BCUT2D eigenvalue weighted by atomic mass is 35.5. The van der Waals surface area contributed by atoms with Crippen molar-refractivity contribution in [2.24, 2.45) is 0 Å². The molecule has 3 heterocycles. The summed E-state index contributed by atoms with van der Waals surface area (Å²) in [5.41, 5.74) is 3.19. The number of amides is 1. The SMILES string of the molecule is COCC(=O)Nc1ccc(N2C(=S)N[C@H](c3ccccn3)[C@@H]2c2ccc(-c3ccc(C(=O)OC)cc3)o2)cc1Cl. The second kappa shape index (κ2) is 11.9. The third-order valence-electron chi connectivity index (χ3n) is 6.39. The molecule has 40 heavy (non-hydrogen) atoms. The number of hydrogen-bond donors (Lipinski definition) is 2. The van der Waals surface area contributed by atoms with Gasteiger partial charge in [0.25, 0.3) is 0 Å². The van der Waals surface area contributed by atoms with Crippen molar-refractivity contribution in [2.45, 2.75) is 12.1 Å². The predicted molar refractivity (Wildman–Crippen MR) is 155 cm³/mol. The number of rotatable bonds is 8. The van der Waals surface area contributed by atoms with Gasteiger partial charge in [0, 0.05) is 24.6 Å². The molecule has 2 aromatic carbocycles. The highest BCUT2D eigenvalue weighted by Crippen LogP contribution is 2.44. The summed E-state index contributed by atoms with van der Waals surface area (Å²) in [6.07, 6.45) is 1.73. The molecule has 5 rings (SSSR count). The van der Waals surface area contributed by atoms with Crippen LogP contribution in [0.15, 0.2) is 83.4 Å². The van der Waals surface area contributed by atoms with Gasteiger partial charge in [-0.1, -0.05) is 29.8 Å². The first-order valence-electron chi connectivity index (χ1n) is 12.3. The van der Waals surface area contributed by atoms with Crippen LogP contribution in [0.4, 0.5) is 11.4 Å². The summed E-state index contributed by atoms with van der Waals surface area (Å²) < 4.78 is 16.0. The summed E-state index contributed by atoms with van der Waals surface area (Å²) in [4.78, 5) is 30.3. The molecule has 0 unspecified atom stereocenters. The number of aromatic nitrogens is 1. The number of hydrogen-bond acceptors (Lipinski definition) is 7. The van der Waals surface area contributed by atoms with E-state index in [0.717, 1.165) is 11.3 Å². The summed E-state index contributed by atoms with van der Waals surface area (Å²) in [5, 5.41) is 6.92. The number of nitrogens with zero attached hydrogens (tertiary/aromatic N) is 2. The number of benzene rings is 2. The van der Waals surface area contributed by atoms with E-state index in [1.807, 2.05) is 41.3 Å². The summed E-state index contributed by atoms with van der Waals surface area (Å²) >= 11 is 12.3. The van der Waals surface area contributed by atoms with E-state index in [1.54, 1.807) is 42.6 Å². The average Bonchev–Trinajstić information content (AvgIpc) is 3.59. The molecule has 9 nitrogen and oxygen atoms in total. The Bertz CT molecular complexity index is 1540. The van der Waals surface area contributed by atoms with Crippen molar-refractivity contribution in [3.63, 3.8) is 0 Å². The van der Waals surface area contributed by atoms with Crippen LogP contribution in [0.3, 0.4) is 0 Å². The minimum atomic E-state index is -0.408. The van der Waals surface area contributed by atoms with Gasteiger partial charge in [-0.3, -0.25) is 9.78 Å². The topological polar surface area (TPSA) is 106 Å². The molecule has 2 atom stereocenters. The first-order valence-corrected chi connectivity index (χ1v) is 13.1. The number of nitrogens with one attached hydrogen (secondary N) is 2. The van der Waals surface area contributed by atoms with Crippen molar-refractivity contribution in [3.05, 3.63) is 101 Å². The lowest BCUT2D eigenvalue weighted by molar-refractivity contribution is -0.119. The Labute approximate surface area is 241 Å². The molecule has 0 bridgehead atoms. The van der Waals surface area contributed by atoms with Crippen LogP contribution in [-0.4, -0.2) is 42.8 Å². The van der Waals surface area contributed by atoms with Gasteiger partial charge in [0.1, 0.15) is 24.2 Å². The summed E-state index contributed by atoms with van der Waals surface area (Å²) in [6, 6.07) is 21.0. The number of furan rings is 1. The molecule has 1 aliphatic heterocycles. The zero-order valence-electron chi connectivity index (χ0n) is 21.6. The molecule has 1 aliphatic rings. The van der Waals surface area contributed by atoms with Crippen LogP contribution in [0, 0.1) is 0 Å². The maximum atomic E-state index is 12.0. The monoisotopic (exact) mass is 576 g/mol. The minimum Gasteiger partial charge on any atom is -0.465 e. The molecule has 11 heteroatoms. The first-order chi connectivity index (χ1) is 19.4. The Hall–Kier alpha value is -4.25. The van der Waals surface area contributed by atoms with E-state index in [4.69, 9.17) is 37.7 Å². The first kappa shape index (κ1) is 27.3. The van der Waals surface area contributed by atoms with Gasteiger partial charge in [0.2, 0.25) is 5.91 Å². The van der Waals surface area contributed by atoms with E-state index >= 15 is 0 Å². The summed E-state index contributed by atoms with van der Waals surface area (Å²) in [5.74, 6) is 0.544. The van der Waals surface area contributed by atoms with Crippen LogP contribution in [-0.2, 0) is 14.3 Å². The zero-order valence-corrected chi connectivity index (χ0v) is 23.2. The normalized spacial score (nSPS) is 16.5. The van der Waals surface area contributed by atoms with Crippen LogP contribution in [0.2, 0.25) is 5.02 Å². The largest absolute Gasteiger partial charge is 0.465 e. The predicted octanol–water partition coefficient (Wildman–Crippen LogP) is 5.54. The smallest absolute Gasteiger partial charge is 0.337 e. The van der Waals surface area contributed by atoms with Gasteiger partial charge >= 0.3 is 5.97 Å². The highest BCUT2D eigenvalue weighted by molar-refractivity contribution is 7.80. The number of methoxy groups -OCH3 is 2. The molecule has 0 saturated carbocycles. The number of halogens is 1. The number of pyridine rings is 1. The van der Waals surface area contributed by atoms with Crippen molar-refractivity contribution in [2.75, 3.05) is 31.0 Å². The molecule has 0 aliphatic carbocycles. The van der Waals surface area contributed by atoms with Gasteiger partial charge in [-0.2, -0.15) is 0 Å². The second-order valence-corrected chi connectivity index (χ2v) is 9.71. The van der Waals surface area contributed by atoms with E-state index in [9.17, 15) is 9.59 Å². The van der Waals surface area contributed by atoms with Gasteiger partial charge < -0.3 is 29.4 Å². The Morgan fingerprint density at radius 2 is 1.90 bits per heavy atom. The maximum Gasteiger partial charge on any atom is 0.337 e. The third kappa shape index (κ3) is 5.55. The van der Waals surface area contributed by atoms with Crippen molar-refractivity contribution in [3.8, 4) is 11.3 Å². The van der Waals surface area contributed by atoms with E-state index in [-0.39, 0.29) is 18.6 Å². The Morgan fingerprint density at radius 1 is 1.10 bits per heavy atom. The molecule has 1 fully saturated rings. The van der Waals surface area contributed by atoms with Gasteiger partial charge in [-0.15, -0.1) is 0 Å². The number of ether oxygens (including phenoxy) is 2. The Morgan fingerprint density at radius 3 is 2.58 bits per heavy atom. The van der Waals surface area contributed by atoms with Crippen LogP contribution >= 0.6 is 23.8 Å². The fourth-order valence-electron chi connectivity index (χ4n) is 4.55. The molecule has 204 valence electrons. The number of carbonyl (C=O) groups excluding carboxylic acids is 2. The van der Waals surface area contributed by atoms with Gasteiger partial charge in [0.05, 0.1) is 35.1 Å². The zero-order chi connectivity index (χ0) is 28.2. The fraction of sp³-hybridized carbons (Fsp3) is 0.172. The number of carbonyl (C=O) groups is 2. The quantitative estimate of drug-likeness (QED) is 0.206. The number of esters is 1. The molecule has 0 spiro atoms. The van der Waals surface area contributed by atoms with Gasteiger partial charge in [0.15, 0.2) is 5.11 Å². The molecule has 2 N–H and O–H groups in total. The van der Waals surface area contributed by atoms with Crippen LogP contribution in [0.25, 0.3) is 11.3 Å². The number of thiocarbonyl (C=S) groups is 1. The standard InChI is InChI=1S/C29H25ClN4O5S/c1-37-16-25(35)32-21-11-10-19(15-20(21)30)34-27(26(33-29(34)40)22-5-3-4-14-31-22)24-13-12-23(39-24)17-6-8-18(9-7-17)28(36)38-2/h3-15,26-27H,16H2,1-2H3,(H,32,35)(H,33,40)/t26-,27+/m1/s1. The molecule has 0 radical (unpaired) electrons. The minimum absolute atomic E-state index is 0.0850. The van der Waals surface area contributed by atoms with Crippen molar-refractivity contribution >= 4 is 52.2 Å². The van der Waals surface area contributed by atoms with Crippen LogP contribution < -0.4 is 15.5 Å². The summed E-state index contributed by atoms with van der Waals surface area (Å²) in [6.45, 7) is -0.0850. The van der Waals surface area contributed by atoms with Crippen molar-refractivity contribution < 1.29 is 23.5 Å². The molecule has 4 aromatic rings. The molecule has 1 amide bonds. The molecular weight excluding hydrogens is 552 g/mol. The maximum absolute atomic E-state index is 12.0. The average molecular weight is 577 g/mol. The lowest BCUT2D eigenvalue weighted by Gasteiger charge is -2.26. The third-order valence-corrected chi connectivity index (χ3v) is 7.01. The van der Waals surface area contributed by atoms with Crippen molar-refractivity contribution in [1.29, 1.82) is 0 Å². The van der Waals surface area contributed by atoms with Crippen molar-refractivity contribution in [1.82, 2.24) is 10.3 Å². The number of anilines is 2. The highest BCUT2D eigenvalue weighted by Gasteiger charge is 2.42. The van der Waals surface area contributed by atoms with Crippen LogP contribution in [0.1, 0.15) is 33.9 Å². The second-order valence-electron chi connectivity index (χ2n) is 8.91. The Kier molecular flexibility index (Phi) is 8.11. The van der Waals surface area contributed by atoms with Gasteiger partial charge in [-0.05, 0) is 66.8 Å². The van der Waals surface area contributed by atoms with E-state index in [0.29, 0.717) is 38.6 Å². The fourth-order valence-corrected chi connectivity index (χ4v) is 5.12. The van der Waals surface area contributed by atoms with E-state index in [2.05, 4.69) is 15.6 Å². The van der Waals surface area contributed by atoms with Gasteiger partial charge in [-0.25, -0.2) is 4.79 Å². The van der Waals surface area contributed by atoms with Crippen LogP contribution in [0.5, 0.6) is 0 Å². The summed E-state index contributed by atoms with van der Waals surface area (Å²) in [7, 11) is 2.79.